The number of hydrogen-bond acceptors (Lipinski definition) is 5. The van der Waals surface area contributed by atoms with Gasteiger partial charge in [-0.3, -0.25) is 4.79 Å². The van der Waals surface area contributed by atoms with Gasteiger partial charge >= 0.3 is 0 Å². The zero-order chi connectivity index (χ0) is 20.6. The molecule has 29 heavy (non-hydrogen) atoms. The van der Waals surface area contributed by atoms with Crippen molar-refractivity contribution in [3.8, 4) is 0 Å². The van der Waals surface area contributed by atoms with Gasteiger partial charge in [0.2, 0.25) is 10.0 Å². The van der Waals surface area contributed by atoms with Gasteiger partial charge in [0, 0.05) is 38.7 Å². The highest BCUT2D eigenvalue weighted by molar-refractivity contribution is 7.89. The van der Waals surface area contributed by atoms with Crippen LogP contribution in [0, 0.1) is 0 Å². The molecule has 3 aromatic rings. The van der Waals surface area contributed by atoms with E-state index in [9.17, 15) is 13.2 Å². The SMILES string of the molecule is CN(C)C(=O)c1ccc(S(=O)(=O)N2CCC(c3nc4ccccc4s3)CC2)cc1. The molecule has 0 atom stereocenters. The number of amides is 1. The van der Waals surface area contributed by atoms with Crippen molar-refractivity contribution in [2.75, 3.05) is 27.2 Å². The summed E-state index contributed by atoms with van der Waals surface area (Å²) in [5, 5.41) is 1.09. The minimum Gasteiger partial charge on any atom is -0.345 e. The molecule has 1 fully saturated rings. The number of sulfonamides is 1. The minimum atomic E-state index is -3.56. The van der Waals surface area contributed by atoms with Gasteiger partial charge < -0.3 is 4.90 Å². The first-order valence-electron chi connectivity index (χ1n) is 9.53. The highest BCUT2D eigenvalue weighted by Crippen LogP contribution is 2.35. The summed E-state index contributed by atoms with van der Waals surface area (Å²) in [5.41, 5.74) is 1.48. The Morgan fingerprint density at radius 2 is 1.72 bits per heavy atom. The smallest absolute Gasteiger partial charge is 0.253 e. The van der Waals surface area contributed by atoms with E-state index in [0.29, 0.717) is 24.6 Å². The van der Waals surface area contributed by atoms with Crippen molar-refractivity contribution in [3.05, 3.63) is 59.1 Å². The number of piperidine rings is 1. The van der Waals surface area contributed by atoms with Crippen LogP contribution in [0.15, 0.2) is 53.4 Å². The van der Waals surface area contributed by atoms with E-state index < -0.39 is 10.0 Å². The Morgan fingerprint density at radius 3 is 2.34 bits per heavy atom. The number of hydrogen-bond donors (Lipinski definition) is 0. The van der Waals surface area contributed by atoms with Crippen molar-refractivity contribution in [1.82, 2.24) is 14.2 Å². The topological polar surface area (TPSA) is 70.6 Å². The van der Waals surface area contributed by atoms with E-state index >= 15 is 0 Å². The normalized spacial score (nSPS) is 16.2. The van der Waals surface area contributed by atoms with Gasteiger partial charge in [-0.25, -0.2) is 13.4 Å². The van der Waals surface area contributed by atoms with Crippen molar-refractivity contribution in [2.24, 2.45) is 0 Å². The number of nitrogens with zero attached hydrogens (tertiary/aromatic N) is 3. The zero-order valence-corrected chi connectivity index (χ0v) is 18.0. The standard InChI is InChI=1S/C21H23N3O3S2/c1-23(2)21(25)16-7-9-17(10-8-16)29(26,27)24-13-11-15(12-14-24)20-22-18-5-3-4-6-19(18)28-20/h3-10,15H,11-14H2,1-2H3. The van der Waals surface area contributed by atoms with E-state index in [0.717, 1.165) is 23.4 Å². The minimum absolute atomic E-state index is 0.148. The largest absolute Gasteiger partial charge is 0.345 e. The first-order valence-corrected chi connectivity index (χ1v) is 11.8. The number of carbonyl (C=O) groups is 1. The predicted molar refractivity (Wildman–Crippen MR) is 115 cm³/mol. The summed E-state index contributed by atoms with van der Waals surface area (Å²) in [5.74, 6) is 0.143. The van der Waals surface area contributed by atoms with Gasteiger partial charge in [0.05, 0.1) is 20.1 Å². The van der Waals surface area contributed by atoms with Gasteiger partial charge in [-0.05, 0) is 49.2 Å². The molecule has 0 saturated carbocycles. The van der Waals surface area contributed by atoms with Gasteiger partial charge in [-0.1, -0.05) is 12.1 Å². The van der Waals surface area contributed by atoms with Crippen LogP contribution in [-0.4, -0.2) is 55.7 Å². The number of carbonyl (C=O) groups excluding carboxylic acids is 1. The molecule has 0 unspecified atom stereocenters. The first-order chi connectivity index (χ1) is 13.9. The number of aromatic nitrogens is 1. The fourth-order valence-electron chi connectivity index (χ4n) is 3.58. The van der Waals surface area contributed by atoms with Crippen molar-refractivity contribution >= 4 is 37.5 Å². The second-order valence-corrected chi connectivity index (χ2v) is 10.4. The average Bonchev–Trinajstić information content (AvgIpc) is 3.17. The van der Waals surface area contributed by atoms with Crippen LogP contribution in [0.25, 0.3) is 10.2 Å². The Bertz CT molecular complexity index is 1100. The Morgan fingerprint density at radius 1 is 1.07 bits per heavy atom. The Balaban J connectivity index is 1.46. The number of para-hydroxylation sites is 1. The lowest BCUT2D eigenvalue weighted by Crippen LogP contribution is -2.37. The monoisotopic (exact) mass is 429 g/mol. The summed E-state index contributed by atoms with van der Waals surface area (Å²) in [6.45, 7) is 0.947. The van der Waals surface area contributed by atoms with Crippen LogP contribution >= 0.6 is 11.3 Å². The third kappa shape index (κ3) is 3.92. The maximum absolute atomic E-state index is 13.0. The zero-order valence-electron chi connectivity index (χ0n) is 16.4. The summed E-state index contributed by atoms with van der Waals surface area (Å²) in [6, 6.07) is 14.3. The Hall–Kier alpha value is -2.29. The predicted octanol–water partition coefficient (Wildman–Crippen LogP) is 3.57. The molecule has 4 rings (SSSR count). The Labute approximate surface area is 174 Å². The number of benzene rings is 2. The molecule has 8 heteroatoms. The lowest BCUT2D eigenvalue weighted by atomic mass is 9.99. The van der Waals surface area contributed by atoms with Gasteiger partial charge in [0.15, 0.2) is 0 Å². The molecule has 6 nitrogen and oxygen atoms in total. The fraction of sp³-hybridized carbons (Fsp3) is 0.333. The number of thiazole rings is 1. The van der Waals surface area contributed by atoms with Gasteiger partial charge in [-0.15, -0.1) is 11.3 Å². The van der Waals surface area contributed by atoms with Crippen LogP contribution in [0.2, 0.25) is 0 Å². The van der Waals surface area contributed by atoms with Crippen LogP contribution in [0.5, 0.6) is 0 Å². The molecule has 0 bridgehead atoms. The molecule has 1 saturated heterocycles. The molecule has 1 aliphatic heterocycles. The van der Waals surface area contributed by atoms with E-state index in [4.69, 9.17) is 4.98 Å². The molecular formula is C21H23N3O3S2. The van der Waals surface area contributed by atoms with E-state index in [1.165, 1.54) is 21.7 Å². The summed E-state index contributed by atoms with van der Waals surface area (Å²) < 4.78 is 28.7. The molecule has 2 heterocycles. The van der Waals surface area contributed by atoms with Crippen molar-refractivity contribution in [3.63, 3.8) is 0 Å². The van der Waals surface area contributed by atoms with Gasteiger partial charge in [0.25, 0.3) is 5.91 Å². The van der Waals surface area contributed by atoms with Crippen LogP contribution < -0.4 is 0 Å². The first kappa shape index (κ1) is 20.0. The lowest BCUT2D eigenvalue weighted by molar-refractivity contribution is 0.0827. The molecule has 1 aromatic heterocycles. The second-order valence-electron chi connectivity index (χ2n) is 7.42. The highest BCUT2D eigenvalue weighted by Gasteiger charge is 2.31. The fourth-order valence-corrected chi connectivity index (χ4v) is 6.19. The molecule has 1 amide bonds. The molecule has 1 aliphatic rings. The van der Waals surface area contributed by atoms with Crippen molar-refractivity contribution < 1.29 is 13.2 Å². The van der Waals surface area contributed by atoms with Crippen LogP contribution in [0.4, 0.5) is 0 Å². The summed E-state index contributed by atoms with van der Waals surface area (Å²) >= 11 is 1.70. The summed E-state index contributed by atoms with van der Waals surface area (Å²) in [4.78, 5) is 18.4. The van der Waals surface area contributed by atoms with Gasteiger partial charge in [-0.2, -0.15) is 4.31 Å². The van der Waals surface area contributed by atoms with E-state index in [1.54, 1.807) is 41.9 Å². The quantitative estimate of drug-likeness (QED) is 0.636. The molecule has 152 valence electrons. The number of rotatable bonds is 4. The molecular weight excluding hydrogens is 406 g/mol. The maximum Gasteiger partial charge on any atom is 0.253 e. The van der Waals surface area contributed by atoms with Crippen molar-refractivity contribution in [2.45, 2.75) is 23.7 Å². The maximum atomic E-state index is 13.0. The van der Waals surface area contributed by atoms with E-state index in [1.807, 2.05) is 18.2 Å². The lowest BCUT2D eigenvalue weighted by Gasteiger charge is -2.30. The molecule has 0 aliphatic carbocycles. The molecule has 0 N–H and O–H groups in total. The third-order valence-corrected chi connectivity index (χ3v) is 8.37. The molecule has 0 spiro atoms. The highest BCUT2D eigenvalue weighted by atomic mass is 32.2. The average molecular weight is 430 g/mol. The van der Waals surface area contributed by atoms with Crippen LogP contribution in [0.3, 0.4) is 0 Å². The molecule has 2 aromatic carbocycles. The van der Waals surface area contributed by atoms with Gasteiger partial charge in [0.1, 0.15) is 0 Å². The van der Waals surface area contributed by atoms with E-state index in [-0.39, 0.29) is 10.8 Å². The number of fused-ring (bicyclic) bond motifs is 1. The Kier molecular flexibility index (Phi) is 5.42. The second kappa shape index (κ2) is 7.85. The summed E-state index contributed by atoms with van der Waals surface area (Å²) in [6.07, 6.45) is 1.52. The summed E-state index contributed by atoms with van der Waals surface area (Å²) in [7, 11) is -0.225. The van der Waals surface area contributed by atoms with E-state index in [2.05, 4.69) is 6.07 Å². The molecule has 0 radical (unpaired) electrons. The third-order valence-electron chi connectivity index (χ3n) is 5.26. The van der Waals surface area contributed by atoms with Crippen LogP contribution in [0.1, 0.15) is 34.1 Å². The van der Waals surface area contributed by atoms with Crippen LogP contribution in [-0.2, 0) is 10.0 Å². The van der Waals surface area contributed by atoms with Crippen molar-refractivity contribution in [1.29, 1.82) is 0 Å².